The van der Waals surface area contributed by atoms with Gasteiger partial charge in [-0.15, -0.1) is 0 Å². The van der Waals surface area contributed by atoms with E-state index in [1.807, 2.05) is 0 Å². The molecule has 3 heteroatoms. The first-order valence-electron chi connectivity index (χ1n) is 6.99. The molecule has 2 aliphatic rings. The van der Waals surface area contributed by atoms with Crippen LogP contribution in [0.3, 0.4) is 0 Å². The average molecular weight is 233 g/mol. The molecule has 17 heavy (non-hydrogen) atoms. The summed E-state index contributed by atoms with van der Waals surface area (Å²) in [6.07, 6.45) is 7.58. The van der Waals surface area contributed by atoms with Gasteiger partial charge in [-0.1, -0.05) is 6.92 Å². The normalized spacial score (nSPS) is 30.2. The van der Waals surface area contributed by atoms with Crippen LogP contribution in [-0.2, 0) is 6.54 Å². The summed E-state index contributed by atoms with van der Waals surface area (Å²) < 4.78 is 2.40. The molecule has 0 radical (unpaired) electrons. The van der Waals surface area contributed by atoms with Crippen LogP contribution >= 0.6 is 0 Å². The molecule has 0 amide bonds. The van der Waals surface area contributed by atoms with Crippen LogP contribution in [0.15, 0.2) is 6.20 Å². The van der Waals surface area contributed by atoms with Gasteiger partial charge in [-0.2, -0.15) is 0 Å². The number of aryl methyl sites for hydroxylation is 1. The van der Waals surface area contributed by atoms with Gasteiger partial charge in [0.1, 0.15) is 5.82 Å². The molecule has 94 valence electrons. The highest BCUT2D eigenvalue weighted by Crippen LogP contribution is 2.31. The fourth-order valence-electron chi connectivity index (χ4n) is 3.32. The molecule has 3 nitrogen and oxygen atoms in total. The third-order valence-corrected chi connectivity index (χ3v) is 4.35. The number of nitrogens with zero attached hydrogens (tertiary/aromatic N) is 3. The minimum Gasteiger partial charge on any atom is -0.334 e. The summed E-state index contributed by atoms with van der Waals surface area (Å²) in [5.74, 6) is 2.65. The fourth-order valence-corrected chi connectivity index (χ4v) is 3.32. The van der Waals surface area contributed by atoms with Crippen LogP contribution in [0.25, 0.3) is 0 Å². The minimum atomic E-state index is 0.652. The highest BCUT2D eigenvalue weighted by molar-refractivity contribution is 5.14. The third kappa shape index (κ3) is 2.13. The van der Waals surface area contributed by atoms with E-state index in [0.717, 1.165) is 0 Å². The van der Waals surface area contributed by atoms with Crippen molar-refractivity contribution < 1.29 is 0 Å². The van der Waals surface area contributed by atoms with E-state index in [9.17, 15) is 0 Å². The largest absolute Gasteiger partial charge is 0.334 e. The van der Waals surface area contributed by atoms with Crippen molar-refractivity contribution in [3.05, 3.63) is 17.7 Å². The van der Waals surface area contributed by atoms with Crippen LogP contribution < -0.4 is 0 Å². The maximum absolute atomic E-state index is 4.93. The molecule has 0 N–H and O–H groups in total. The van der Waals surface area contributed by atoms with E-state index in [1.54, 1.807) is 0 Å². The number of hydrogen-bond acceptors (Lipinski definition) is 2. The van der Waals surface area contributed by atoms with Gasteiger partial charge < -0.3 is 9.47 Å². The van der Waals surface area contributed by atoms with Crippen molar-refractivity contribution in [1.29, 1.82) is 0 Å². The molecule has 1 fully saturated rings. The lowest BCUT2D eigenvalue weighted by molar-refractivity contribution is 0.248. The monoisotopic (exact) mass is 233 g/mol. The molecule has 0 aromatic carbocycles. The van der Waals surface area contributed by atoms with E-state index < -0.39 is 0 Å². The summed E-state index contributed by atoms with van der Waals surface area (Å²) in [4.78, 5) is 7.37. The molecule has 0 aliphatic carbocycles. The Balaban J connectivity index is 1.83. The Kier molecular flexibility index (Phi) is 2.95. The van der Waals surface area contributed by atoms with Crippen LogP contribution in [0.5, 0.6) is 0 Å². The van der Waals surface area contributed by atoms with E-state index in [0.29, 0.717) is 11.8 Å². The number of aromatic nitrogens is 2. The lowest BCUT2D eigenvalue weighted by Crippen LogP contribution is -2.30. The Morgan fingerprint density at radius 1 is 1.24 bits per heavy atom. The zero-order chi connectivity index (χ0) is 11.8. The van der Waals surface area contributed by atoms with E-state index in [1.165, 1.54) is 56.8 Å². The second-order valence-electron chi connectivity index (χ2n) is 5.86. The molecule has 1 saturated heterocycles. The molecule has 2 aliphatic heterocycles. The average Bonchev–Trinajstić information content (AvgIpc) is 2.74. The third-order valence-electron chi connectivity index (χ3n) is 4.35. The van der Waals surface area contributed by atoms with Gasteiger partial charge in [0.2, 0.25) is 0 Å². The first-order chi connectivity index (χ1) is 8.24. The maximum atomic E-state index is 4.93. The second-order valence-corrected chi connectivity index (χ2v) is 5.86. The number of piperidine rings is 1. The van der Waals surface area contributed by atoms with Crippen molar-refractivity contribution in [1.82, 2.24) is 14.5 Å². The van der Waals surface area contributed by atoms with E-state index in [2.05, 4.69) is 29.6 Å². The topological polar surface area (TPSA) is 21.1 Å². The molecule has 1 aromatic rings. The molecule has 2 unspecified atom stereocenters. The summed E-state index contributed by atoms with van der Waals surface area (Å²) in [7, 11) is 2.23. The highest BCUT2D eigenvalue weighted by Gasteiger charge is 2.25. The lowest BCUT2D eigenvalue weighted by Gasteiger charge is -2.28. The van der Waals surface area contributed by atoms with Crippen molar-refractivity contribution in [2.45, 2.75) is 51.0 Å². The number of likely N-dealkylation sites (tertiary alicyclic amines) is 1. The number of likely N-dealkylation sites (N-methyl/N-ethyl adjacent to an activating group) is 1. The van der Waals surface area contributed by atoms with Crippen LogP contribution in [0.1, 0.15) is 56.0 Å². The van der Waals surface area contributed by atoms with E-state index >= 15 is 0 Å². The number of hydrogen-bond donors (Lipinski definition) is 0. The molecule has 3 rings (SSSR count). The Morgan fingerprint density at radius 2 is 2.06 bits per heavy atom. The highest BCUT2D eigenvalue weighted by atomic mass is 15.1. The Hall–Kier alpha value is -0.830. The van der Waals surface area contributed by atoms with E-state index in [4.69, 9.17) is 4.98 Å². The first-order valence-corrected chi connectivity index (χ1v) is 6.99. The lowest BCUT2D eigenvalue weighted by atomic mass is 9.96. The van der Waals surface area contributed by atoms with Crippen molar-refractivity contribution in [2.24, 2.45) is 0 Å². The van der Waals surface area contributed by atoms with Gasteiger partial charge in [0.15, 0.2) is 0 Å². The van der Waals surface area contributed by atoms with Gasteiger partial charge in [0.05, 0.1) is 5.69 Å². The van der Waals surface area contributed by atoms with Crippen LogP contribution in [0, 0.1) is 0 Å². The SMILES string of the molecule is CC1CCCn2cc(C3CCCN(C)C3)nc21. The zero-order valence-corrected chi connectivity index (χ0v) is 11.0. The van der Waals surface area contributed by atoms with Crippen molar-refractivity contribution in [2.75, 3.05) is 20.1 Å². The summed E-state index contributed by atoms with van der Waals surface area (Å²) in [5, 5.41) is 0. The van der Waals surface area contributed by atoms with Crippen molar-refractivity contribution in [3.8, 4) is 0 Å². The van der Waals surface area contributed by atoms with Gasteiger partial charge in [0, 0.05) is 31.1 Å². The van der Waals surface area contributed by atoms with Gasteiger partial charge >= 0.3 is 0 Å². The molecular formula is C14H23N3. The predicted octanol–water partition coefficient (Wildman–Crippen LogP) is 2.59. The molecule has 2 atom stereocenters. The fraction of sp³-hybridized carbons (Fsp3) is 0.786. The zero-order valence-electron chi connectivity index (χ0n) is 11.0. The Morgan fingerprint density at radius 3 is 2.82 bits per heavy atom. The first kappa shape index (κ1) is 11.3. The smallest absolute Gasteiger partial charge is 0.111 e. The van der Waals surface area contributed by atoms with E-state index in [-0.39, 0.29) is 0 Å². The Bertz CT molecular complexity index is 396. The van der Waals surface area contributed by atoms with Crippen LogP contribution in [0.4, 0.5) is 0 Å². The Labute approximate surface area is 104 Å². The van der Waals surface area contributed by atoms with Crippen LogP contribution in [-0.4, -0.2) is 34.6 Å². The number of fused-ring (bicyclic) bond motifs is 1. The maximum Gasteiger partial charge on any atom is 0.111 e. The predicted molar refractivity (Wildman–Crippen MR) is 69.3 cm³/mol. The van der Waals surface area contributed by atoms with Crippen molar-refractivity contribution >= 4 is 0 Å². The number of rotatable bonds is 1. The standard InChI is InChI=1S/C14H23N3/c1-11-5-3-8-17-10-13(15-14(11)17)12-6-4-7-16(2)9-12/h10-12H,3-9H2,1-2H3. The van der Waals surface area contributed by atoms with Crippen molar-refractivity contribution in [3.63, 3.8) is 0 Å². The summed E-state index contributed by atoms with van der Waals surface area (Å²) in [5.41, 5.74) is 1.35. The summed E-state index contributed by atoms with van der Waals surface area (Å²) in [6.45, 7) is 5.93. The van der Waals surface area contributed by atoms with Gasteiger partial charge in [-0.05, 0) is 39.3 Å². The summed E-state index contributed by atoms with van der Waals surface area (Å²) in [6, 6.07) is 0. The van der Waals surface area contributed by atoms with Gasteiger partial charge in [-0.3, -0.25) is 0 Å². The molecule has 0 saturated carbocycles. The molecule has 0 bridgehead atoms. The molecular weight excluding hydrogens is 210 g/mol. The van der Waals surface area contributed by atoms with Gasteiger partial charge in [0.25, 0.3) is 0 Å². The second kappa shape index (κ2) is 4.45. The summed E-state index contributed by atoms with van der Waals surface area (Å²) >= 11 is 0. The molecule has 1 aromatic heterocycles. The van der Waals surface area contributed by atoms with Gasteiger partial charge in [-0.25, -0.2) is 4.98 Å². The quantitative estimate of drug-likeness (QED) is 0.743. The molecule has 0 spiro atoms. The number of imidazole rings is 1. The van der Waals surface area contributed by atoms with Crippen LogP contribution in [0.2, 0.25) is 0 Å². The molecule has 3 heterocycles. The minimum absolute atomic E-state index is 0.652.